The lowest BCUT2D eigenvalue weighted by Gasteiger charge is -2.38. The zero-order valence-electron chi connectivity index (χ0n) is 34.1. The minimum atomic E-state index is -1.90. The van der Waals surface area contributed by atoms with E-state index in [2.05, 4.69) is 17.1 Å². The molecule has 306 valence electrons. The first-order chi connectivity index (χ1) is 26.3. The number of hydrogen-bond donors (Lipinski definition) is 5. The van der Waals surface area contributed by atoms with E-state index in [-0.39, 0.29) is 50.7 Å². The molecule has 1 amide bonds. The number of carbonyl (C=O) groups is 3. The summed E-state index contributed by atoms with van der Waals surface area (Å²) in [5.74, 6) is -6.44. The molecule has 5 N–H and O–H groups in total. The largest absolute Gasteiger partial charge is 0.507 e. The van der Waals surface area contributed by atoms with Gasteiger partial charge in [-0.05, 0) is 52.2 Å². The molecule has 0 aromatic heterocycles. The summed E-state index contributed by atoms with van der Waals surface area (Å²) in [6.07, 6.45) is 6.85. The number of aromatic hydroxyl groups is 2. The van der Waals surface area contributed by atoms with Gasteiger partial charge in [-0.1, -0.05) is 45.9 Å². The second kappa shape index (κ2) is 16.9. The van der Waals surface area contributed by atoms with Gasteiger partial charge in [-0.25, -0.2) is 0 Å². The van der Waals surface area contributed by atoms with Crippen LogP contribution in [0.4, 0.5) is 11.4 Å². The quantitative estimate of drug-likeness (QED) is 0.170. The molecular weight excluding hydrogens is 720 g/mol. The number of fused-ring (bicyclic) bond motifs is 14. The van der Waals surface area contributed by atoms with E-state index in [1.165, 1.54) is 27.2 Å². The maximum Gasteiger partial charge on any atom is 0.312 e. The van der Waals surface area contributed by atoms with Crippen molar-refractivity contribution in [3.63, 3.8) is 0 Å². The Balaban J connectivity index is 1.70. The number of aliphatic hydroxyl groups is 2. The molecular formula is C43H58N2O11. The summed E-state index contributed by atoms with van der Waals surface area (Å²) >= 11 is 0. The van der Waals surface area contributed by atoms with Crippen molar-refractivity contribution in [1.82, 2.24) is 0 Å². The number of carbonyl (C=O) groups excluding carboxylic acids is 3. The lowest BCUT2D eigenvalue weighted by Crippen LogP contribution is -2.46. The molecule has 5 bridgehead atoms. The molecule has 0 aliphatic carbocycles. The Hall–Kier alpha value is -4.59. The number of aliphatic hydroxyl groups excluding tert-OH is 2. The Bertz CT molecular complexity index is 1940. The van der Waals surface area contributed by atoms with E-state index in [1.54, 1.807) is 71.9 Å². The third-order valence-electron chi connectivity index (χ3n) is 11.9. The average Bonchev–Trinajstić information content (AvgIpc) is 3.42. The van der Waals surface area contributed by atoms with E-state index in [0.29, 0.717) is 12.2 Å². The number of rotatable bonds is 3. The van der Waals surface area contributed by atoms with Gasteiger partial charge in [-0.3, -0.25) is 14.4 Å². The topological polar surface area (TPSA) is 184 Å². The monoisotopic (exact) mass is 778 g/mol. The van der Waals surface area contributed by atoms with Crippen molar-refractivity contribution in [2.45, 2.75) is 118 Å². The van der Waals surface area contributed by atoms with E-state index < -0.39 is 77.3 Å². The molecule has 4 aliphatic heterocycles. The number of ether oxygens (including phenoxy) is 4. The summed E-state index contributed by atoms with van der Waals surface area (Å²) in [5, 5.41) is 49.4. The number of allylic oxidation sites excluding steroid dienone is 2. The Morgan fingerprint density at radius 2 is 1.66 bits per heavy atom. The van der Waals surface area contributed by atoms with Gasteiger partial charge in [0.1, 0.15) is 17.6 Å². The van der Waals surface area contributed by atoms with Gasteiger partial charge in [0.15, 0.2) is 5.75 Å². The van der Waals surface area contributed by atoms with Gasteiger partial charge in [0, 0.05) is 79.4 Å². The van der Waals surface area contributed by atoms with Gasteiger partial charge in [-0.15, -0.1) is 0 Å². The number of benzene rings is 2. The van der Waals surface area contributed by atoms with Gasteiger partial charge in [0.2, 0.25) is 0 Å². The van der Waals surface area contributed by atoms with Crippen molar-refractivity contribution in [3.8, 4) is 17.2 Å². The molecule has 6 rings (SSSR count). The first kappa shape index (κ1) is 42.6. The number of anilines is 2. The predicted molar refractivity (Wildman–Crippen MR) is 213 cm³/mol. The maximum atomic E-state index is 14.6. The van der Waals surface area contributed by atoms with Crippen molar-refractivity contribution < 1.29 is 53.8 Å². The SMILES string of the molecule is COC1C=COC2(C)Oc3c(C)c(O)c4c(O)c(cc(N5CCCCC5C)c4c3C2=O)NC(=O)C(C)=CC=CC(C)C(O)C(C)C(O)C(C)C(OC(C)=O)C1C. The Kier molecular flexibility index (Phi) is 12.8. The fraction of sp³-hybridized carbons (Fsp3) is 0.558. The molecule has 0 radical (unpaired) electrons. The normalized spacial score (nSPS) is 31.9. The summed E-state index contributed by atoms with van der Waals surface area (Å²) < 4.78 is 23.9. The van der Waals surface area contributed by atoms with Crippen molar-refractivity contribution in [2.75, 3.05) is 23.9 Å². The van der Waals surface area contributed by atoms with Crippen LogP contribution < -0.4 is 15.0 Å². The highest BCUT2D eigenvalue weighted by atomic mass is 16.7. The number of nitrogens with one attached hydrogen (secondary N) is 1. The van der Waals surface area contributed by atoms with Crippen molar-refractivity contribution >= 4 is 39.8 Å². The van der Waals surface area contributed by atoms with Crippen molar-refractivity contribution in [2.24, 2.45) is 23.7 Å². The lowest BCUT2D eigenvalue weighted by molar-refractivity contribution is -0.160. The third kappa shape index (κ3) is 7.99. The second-order valence-electron chi connectivity index (χ2n) is 16.0. The molecule has 4 heterocycles. The molecule has 10 atom stereocenters. The fourth-order valence-corrected chi connectivity index (χ4v) is 8.33. The minimum Gasteiger partial charge on any atom is -0.507 e. The summed E-state index contributed by atoms with van der Waals surface area (Å²) in [6.45, 7) is 15.7. The first-order valence-electron chi connectivity index (χ1n) is 19.5. The number of Topliss-reactive ketones (excluding diaryl/α,β-unsaturated/α-hetero) is 1. The van der Waals surface area contributed by atoms with Gasteiger partial charge < -0.3 is 49.6 Å². The van der Waals surface area contributed by atoms with E-state index in [9.17, 15) is 34.8 Å². The zero-order chi connectivity index (χ0) is 41.4. The van der Waals surface area contributed by atoms with Crippen LogP contribution in [0.2, 0.25) is 0 Å². The molecule has 4 aliphatic rings. The van der Waals surface area contributed by atoms with E-state index >= 15 is 0 Å². The van der Waals surface area contributed by atoms with Crippen LogP contribution in [-0.2, 0) is 23.8 Å². The molecule has 0 spiro atoms. The van der Waals surface area contributed by atoms with Gasteiger partial charge in [-0.2, -0.15) is 0 Å². The molecule has 13 heteroatoms. The molecule has 1 fully saturated rings. The first-order valence-corrected chi connectivity index (χ1v) is 19.5. The zero-order valence-corrected chi connectivity index (χ0v) is 34.1. The molecule has 13 nitrogen and oxygen atoms in total. The molecule has 2 aromatic rings. The highest BCUT2D eigenvalue weighted by molar-refractivity contribution is 6.23. The van der Waals surface area contributed by atoms with Crippen LogP contribution in [0, 0.1) is 30.6 Å². The fourth-order valence-electron chi connectivity index (χ4n) is 8.33. The Morgan fingerprint density at radius 3 is 2.30 bits per heavy atom. The van der Waals surface area contributed by atoms with Gasteiger partial charge >= 0.3 is 11.8 Å². The standard InChI is InChI=1S/C43H58N2O11/c1-21-14-13-15-22(2)42(52)44-29-20-30(45-18-12-11-16-23(45)3)32-33(38(29)50)37(49)27(7)40-34(32)41(51)43(9,56-40)54-19-17-31(53-10)24(4)39(55-28(8)46)26(6)36(48)25(5)35(21)47/h13-15,17,19-21,23-26,31,35-36,39,47-50H,11-12,16,18H2,1-10H3,(H,44,52). The summed E-state index contributed by atoms with van der Waals surface area (Å²) in [5.41, 5.74) is 1.21. The number of piperidine rings is 1. The van der Waals surface area contributed by atoms with E-state index in [1.807, 2.05) is 0 Å². The minimum absolute atomic E-state index is 0.00225. The average molecular weight is 779 g/mol. The molecule has 0 saturated carbocycles. The number of amides is 1. The maximum absolute atomic E-state index is 14.6. The predicted octanol–water partition coefficient (Wildman–Crippen LogP) is 6.43. The van der Waals surface area contributed by atoms with Crippen molar-refractivity contribution in [1.29, 1.82) is 0 Å². The van der Waals surface area contributed by atoms with E-state index in [4.69, 9.17) is 18.9 Å². The smallest absolute Gasteiger partial charge is 0.312 e. The van der Waals surface area contributed by atoms with Crippen LogP contribution in [0.15, 0.2) is 42.2 Å². The molecule has 1 saturated heterocycles. The summed E-state index contributed by atoms with van der Waals surface area (Å²) in [4.78, 5) is 42.6. The highest BCUT2D eigenvalue weighted by Gasteiger charge is 2.50. The number of phenols is 2. The summed E-state index contributed by atoms with van der Waals surface area (Å²) in [6, 6.07) is 1.67. The van der Waals surface area contributed by atoms with Crippen LogP contribution in [0.1, 0.15) is 90.6 Å². The molecule has 56 heavy (non-hydrogen) atoms. The van der Waals surface area contributed by atoms with Crippen LogP contribution in [-0.4, -0.2) is 88.0 Å². The van der Waals surface area contributed by atoms with Gasteiger partial charge in [0.05, 0.1) is 41.2 Å². The lowest BCUT2D eigenvalue weighted by atomic mass is 9.78. The molecule has 2 aromatic carbocycles. The number of ketones is 1. The number of esters is 1. The third-order valence-corrected chi connectivity index (χ3v) is 11.9. The van der Waals surface area contributed by atoms with Crippen LogP contribution in [0.5, 0.6) is 17.2 Å². The number of nitrogens with zero attached hydrogens (tertiary/aromatic N) is 1. The number of phenolic OH excluding ortho intramolecular Hbond substituents is 2. The van der Waals surface area contributed by atoms with Gasteiger partial charge in [0.25, 0.3) is 11.7 Å². The number of methoxy groups -OCH3 is 1. The Labute approximate surface area is 328 Å². The van der Waals surface area contributed by atoms with Crippen LogP contribution >= 0.6 is 0 Å². The van der Waals surface area contributed by atoms with Crippen LogP contribution in [0.25, 0.3) is 10.8 Å². The number of hydrogen-bond acceptors (Lipinski definition) is 12. The highest BCUT2D eigenvalue weighted by Crippen LogP contribution is 2.54. The second-order valence-corrected chi connectivity index (χ2v) is 16.0. The molecule has 10 unspecified atom stereocenters. The van der Waals surface area contributed by atoms with Crippen LogP contribution in [0.3, 0.4) is 0 Å². The Morgan fingerprint density at radius 1 is 0.964 bits per heavy atom. The van der Waals surface area contributed by atoms with Crippen molar-refractivity contribution in [3.05, 3.63) is 53.3 Å². The van der Waals surface area contributed by atoms with E-state index in [0.717, 1.165) is 19.3 Å². The summed E-state index contributed by atoms with van der Waals surface area (Å²) in [7, 11) is 1.47.